The molecule has 2 aliphatic rings. The van der Waals surface area contributed by atoms with Gasteiger partial charge < -0.3 is 23.6 Å². The van der Waals surface area contributed by atoms with Crippen LogP contribution in [0.25, 0.3) is 22.2 Å². The second kappa shape index (κ2) is 9.19. The van der Waals surface area contributed by atoms with Gasteiger partial charge >= 0.3 is 0 Å². The molecule has 0 spiro atoms. The van der Waals surface area contributed by atoms with Crippen LogP contribution in [-0.4, -0.2) is 51.8 Å². The first-order chi connectivity index (χ1) is 16.7. The average molecular weight is 483 g/mol. The first kappa shape index (κ1) is 21.3. The Morgan fingerprint density at radius 3 is 2.85 bits per heavy atom. The lowest BCUT2D eigenvalue weighted by Crippen LogP contribution is -2.34. The van der Waals surface area contributed by atoms with E-state index in [4.69, 9.17) is 18.7 Å². The van der Waals surface area contributed by atoms with Crippen LogP contribution in [0, 0.1) is 5.82 Å². The molecule has 2 aliphatic heterocycles. The maximum absolute atomic E-state index is 13.4. The van der Waals surface area contributed by atoms with Crippen molar-refractivity contribution in [3.05, 3.63) is 48.0 Å². The molecule has 2 aromatic heterocycles. The van der Waals surface area contributed by atoms with Gasteiger partial charge in [0.25, 0.3) is 5.88 Å². The molecule has 34 heavy (non-hydrogen) atoms. The van der Waals surface area contributed by atoms with Crippen LogP contribution in [-0.2, 0) is 0 Å². The molecule has 2 aromatic carbocycles. The van der Waals surface area contributed by atoms with Gasteiger partial charge in [-0.25, -0.2) is 4.39 Å². The van der Waals surface area contributed by atoms with Crippen LogP contribution in [0.4, 0.5) is 4.39 Å². The van der Waals surface area contributed by atoms with Crippen LogP contribution in [0.1, 0.15) is 30.9 Å². The fourth-order valence-corrected chi connectivity index (χ4v) is 5.12. The minimum atomic E-state index is -0.291. The summed E-state index contributed by atoms with van der Waals surface area (Å²) in [5.41, 5.74) is 2.22. The van der Waals surface area contributed by atoms with E-state index in [0.717, 1.165) is 78.8 Å². The van der Waals surface area contributed by atoms with Crippen molar-refractivity contribution in [2.75, 3.05) is 33.0 Å². The number of halogens is 1. The van der Waals surface area contributed by atoms with Crippen molar-refractivity contribution in [1.82, 2.24) is 18.8 Å². The van der Waals surface area contributed by atoms with Crippen molar-refractivity contribution in [3.63, 3.8) is 0 Å². The summed E-state index contributed by atoms with van der Waals surface area (Å²) >= 11 is 1.14. The van der Waals surface area contributed by atoms with Gasteiger partial charge in [0.15, 0.2) is 11.5 Å². The number of fused-ring (bicyclic) bond motifs is 2. The Hall–Kier alpha value is -3.24. The molecule has 0 atom stereocenters. The van der Waals surface area contributed by atoms with Crippen molar-refractivity contribution in [2.45, 2.75) is 25.2 Å². The molecule has 0 saturated carbocycles. The van der Waals surface area contributed by atoms with E-state index in [2.05, 4.69) is 18.8 Å². The van der Waals surface area contributed by atoms with Crippen LogP contribution < -0.4 is 14.2 Å². The van der Waals surface area contributed by atoms with Crippen molar-refractivity contribution in [3.8, 4) is 28.6 Å². The number of nitrogens with zero attached hydrogens (tertiary/aromatic N) is 4. The second-order valence-electron chi connectivity index (χ2n) is 8.51. The molecule has 1 fully saturated rings. The van der Waals surface area contributed by atoms with Crippen LogP contribution in [0.3, 0.4) is 0 Å². The molecule has 4 aromatic rings. The number of aromatic nitrogens is 3. The van der Waals surface area contributed by atoms with Crippen molar-refractivity contribution in [2.24, 2.45) is 0 Å². The number of hydrogen-bond acceptors (Lipinski definition) is 9. The SMILES string of the molecule is Fc1ccc2c(C3CCN(CCCOc4nsnc4-c4ccc5c(c4)OCO5)CC3)onc2c1. The smallest absolute Gasteiger partial charge is 0.253 e. The number of likely N-dealkylation sites (tertiary alicyclic amines) is 1. The Kier molecular flexibility index (Phi) is 5.76. The predicted octanol–water partition coefficient (Wildman–Crippen LogP) is 4.86. The van der Waals surface area contributed by atoms with Crippen molar-refractivity contribution >= 4 is 22.6 Å². The predicted molar refractivity (Wildman–Crippen MR) is 124 cm³/mol. The zero-order chi connectivity index (χ0) is 22.9. The van der Waals surface area contributed by atoms with Crippen LogP contribution in [0.5, 0.6) is 17.4 Å². The van der Waals surface area contributed by atoms with Gasteiger partial charge in [0.2, 0.25) is 6.79 Å². The summed E-state index contributed by atoms with van der Waals surface area (Å²) in [7, 11) is 0. The summed E-state index contributed by atoms with van der Waals surface area (Å²) < 4.78 is 44.5. The maximum atomic E-state index is 13.4. The molecule has 0 bridgehead atoms. The molecule has 8 nitrogen and oxygen atoms in total. The third kappa shape index (κ3) is 4.19. The normalized spacial score (nSPS) is 16.4. The molecule has 1 saturated heterocycles. The van der Waals surface area contributed by atoms with Gasteiger partial charge in [-0.05, 0) is 62.7 Å². The van der Waals surface area contributed by atoms with E-state index >= 15 is 0 Å². The van der Waals surface area contributed by atoms with Crippen LogP contribution >= 0.6 is 11.7 Å². The number of ether oxygens (including phenoxy) is 3. The lowest BCUT2D eigenvalue weighted by molar-refractivity contribution is 0.174. The van der Waals surface area contributed by atoms with E-state index in [1.165, 1.54) is 12.1 Å². The van der Waals surface area contributed by atoms with Gasteiger partial charge in [-0.15, -0.1) is 4.37 Å². The zero-order valence-electron chi connectivity index (χ0n) is 18.4. The fraction of sp³-hybridized carbons (Fsp3) is 0.375. The monoisotopic (exact) mass is 482 g/mol. The highest BCUT2D eigenvalue weighted by molar-refractivity contribution is 6.99. The number of piperidine rings is 1. The Balaban J connectivity index is 0.992. The summed E-state index contributed by atoms with van der Waals surface area (Å²) in [4.78, 5) is 2.44. The van der Waals surface area contributed by atoms with E-state index < -0.39 is 0 Å². The second-order valence-corrected chi connectivity index (χ2v) is 9.04. The molecule has 10 heteroatoms. The number of benzene rings is 2. The minimum absolute atomic E-state index is 0.240. The standard InChI is InChI=1S/C24H23FN4O4S/c25-17-3-4-18-19(13-17)26-33-23(18)15-6-9-29(10-7-15)8-1-11-30-24-22(27-34-28-24)16-2-5-20-21(12-16)32-14-31-20/h2-5,12-13,15H,1,6-11,14H2. The van der Waals surface area contributed by atoms with E-state index in [1.54, 1.807) is 6.07 Å². The van der Waals surface area contributed by atoms with Gasteiger partial charge in [0, 0.05) is 29.5 Å². The lowest BCUT2D eigenvalue weighted by atomic mass is 9.92. The first-order valence-corrected chi connectivity index (χ1v) is 12.1. The molecule has 0 unspecified atom stereocenters. The molecule has 0 N–H and O–H groups in total. The van der Waals surface area contributed by atoms with Crippen molar-refractivity contribution < 1.29 is 23.1 Å². The van der Waals surface area contributed by atoms with Gasteiger partial charge in [-0.2, -0.15) is 4.37 Å². The Morgan fingerprint density at radius 1 is 1.06 bits per heavy atom. The highest BCUT2D eigenvalue weighted by Gasteiger charge is 2.25. The fourth-order valence-electron chi connectivity index (χ4n) is 4.60. The molecule has 0 aliphatic carbocycles. The van der Waals surface area contributed by atoms with Gasteiger partial charge in [-0.3, -0.25) is 0 Å². The van der Waals surface area contributed by atoms with E-state index in [1.807, 2.05) is 18.2 Å². The van der Waals surface area contributed by atoms with E-state index in [-0.39, 0.29) is 12.6 Å². The summed E-state index contributed by atoms with van der Waals surface area (Å²) in [6.45, 7) is 3.72. The largest absolute Gasteiger partial charge is 0.475 e. The van der Waals surface area contributed by atoms with Gasteiger partial charge in [0.05, 0.1) is 18.3 Å². The highest BCUT2D eigenvalue weighted by atomic mass is 32.1. The number of hydrogen-bond donors (Lipinski definition) is 0. The Labute approximate surface area is 199 Å². The van der Waals surface area contributed by atoms with E-state index in [0.29, 0.717) is 29.7 Å². The maximum Gasteiger partial charge on any atom is 0.253 e. The summed E-state index contributed by atoms with van der Waals surface area (Å²) in [6.07, 6.45) is 2.88. The molecule has 0 amide bonds. The molecule has 176 valence electrons. The van der Waals surface area contributed by atoms with Crippen LogP contribution in [0.2, 0.25) is 0 Å². The van der Waals surface area contributed by atoms with Gasteiger partial charge in [0.1, 0.15) is 22.8 Å². The Bertz CT molecular complexity index is 1300. The summed E-state index contributed by atoms with van der Waals surface area (Å²) in [5, 5.41) is 4.96. The zero-order valence-corrected chi connectivity index (χ0v) is 19.2. The Morgan fingerprint density at radius 2 is 1.94 bits per heavy atom. The third-order valence-corrected chi connectivity index (χ3v) is 6.90. The van der Waals surface area contributed by atoms with E-state index in [9.17, 15) is 4.39 Å². The first-order valence-electron chi connectivity index (χ1n) is 11.4. The average Bonchev–Trinajstić information content (AvgIpc) is 3.61. The van der Waals surface area contributed by atoms with Gasteiger partial charge in [-0.1, -0.05) is 5.16 Å². The number of rotatable bonds is 7. The van der Waals surface area contributed by atoms with Crippen LogP contribution in [0.15, 0.2) is 40.9 Å². The quantitative estimate of drug-likeness (QED) is 0.345. The minimum Gasteiger partial charge on any atom is -0.475 e. The molecular weight excluding hydrogens is 459 g/mol. The summed E-state index contributed by atoms with van der Waals surface area (Å²) in [5.74, 6) is 2.91. The molecular formula is C24H23FN4O4S. The third-order valence-electron chi connectivity index (χ3n) is 6.39. The lowest BCUT2D eigenvalue weighted by Gasteiger charge is -2.30. The molecule has 0 radical (unpaired) electrons. The topological polar surface area (TPSA) is 82.7 Å². The summed E-state index contributed by atoms with van der Waals surface area (Å²) in [6, 6.07) is 10.4. The molecule has 4 heterocycles. The van der Waals surface area contributed by atoms with Crippen molar-refractivity contribution in [1.29, 1.82) is 0 Å². The molecule has 6 rings (SSSR count). The highest BCUT2D eigenvalue weighted by Crippen LogP contribution is 2.38.